The van der Waals surface area contributed by atoms with Gasteiger partial charge in [-0.05, 0) is 50.3 Å². The van der Waals surface area contributed by atoms with Crippen molar-refractivity contribution in [2.24, 2.45) is 7.05 Å². The van der Waals surface area contributed by atoms with Crippen LogP contribution in [-0.4, -0.2) is 0 Å². The molecule has 2 aromatic rings. The molecule has 1 nitrogen and oxygen atoms in total. The minimum absolute atomic E-state index is 0.302. The van der Waals surface area contributed by atoms with Crippen molar-refractivity contribution in [3.63, 3.8) is 0 Å². The molecule has 1 aromatic carbocycles. The summed E-state index contributed by atoms with van der Waals surface area (Å²) in [5.74, 6) is 0. The highest BCUT2D eigenvalue weighted by Gasteiger charge is 2.34. The van der Waals surface area contributed by atoms with Crippen molar-refractivity contribution < 1.29 is 4.57 Å². The quantitative estimate of drug-likeness (QED) is 0.635. The van der Waals surface area contributed by atoms with Gasteiger partial charge in [0.1, 0.15) is 7.05 Å². The number of hydrogen-bond donors (Lipinski definition) is 0. The summed E-state index contributed by atoms with van der Waals surface area (Å²) in [7, 11) is 2.21. The first kappa shape index (κ1) is 17.7. The molecule has 0 aliphatic rings. The maximum atomic E-state index is 2.39. The van der Waals surface area contributed by atoms with E-state index in [9.17, 15) is 0 Å². The van der Waals surface area contributed by atoms with Crippen LogP contribution in [-0.2, 0) is 12.5 Å². The zero-order valence-corrected chi connectivity index (χ0v) is 16.0. The fourth-order valence-electron chi connectivity index (χ4n) is 4.21. The van der Waals surface area contributed by atoms with Crippen LogP contribution in [0.25, 0.3) is 11.3 Å². The van der Waals surface area contributed by atoms with E-state index in [0.717, 1.165) is 0 Å². The molecule has 124 valence electrons. The average molecular weight is 311 g/mol. The monoisotopic (exact) mass is 310 g/mol. The summed E-state index contributed by atoms with van der Waals surface area (Å²) in [6, 6.07) is 11.1. The second-order valence-electron chi connectivity index (χ2n) is 6.89. The van der Waals surface area contributed by atoms with Gasteiger partial charge < -0.3 is 0 Å². The summed E-state index contributed by atoms with van der Waals surface area (Å²) in [6.45, 7) is 13.8. The number of nitrogens with zero attached hydrogens (tertiary/aromatic N) is 1. The van der Waals surface area contributed by atoms with E-state index in [0.29, 0.717) is 5.41 Å². The van der Waals surface area contributed by atoms with Crippen LogP contribution in [0, 0.1) is 20.8 Å². The Bertz CT molecular complexity index is 685. The number of pyridine rings is 1. The van der Waals surface area contributed by atoms with Gasteiger partial charge in [0.05, 0.1) is 0 Å². The highest BCUT2D eigenvalue weighted by molar-refractivity contribution is 5.62. The van der Waals surface area contributed by atoms with E-state index < -0.39 is 0 Å². The van der Waals surface area contributed by atoms with Gasteiger partial charge in [-0.15, -0.1) is 0 Å². The molecule has 0 N–H and O–H groups in total. The van der Waals surface area contributed by atoms with Gasteiger partial charge in [0.15, 0.2) is 5.69 Å². The van der Waals surface area contributed by atoms with Gasteiger partial charge in [-0.25, -0.2) is 0 Å². The summed E-state index contributed by atoms with van der Waals surface area (Å²) in [5, 5.41) is 0. The van der Waals surface area contributed by atoms with Crippen LogP contribution >= 0.6 is 0 Å². The van der Waals surface area contributed by atoms with E-state index >= 15 is 0 Å². The topological polar surface area (TPSA) is 3.88 Å². The lowest BCUT2D eigenvalue weighted by Gasteiger charge is -2.33. The van der Waals surface area contributed by atoms with Crippen molar-refractivity contribution in [2.75, 3.05) is 0 Å². The Morgan fingerprint density at radius 3 is 1.96 bits per heavy atom. The molecule has 1 aromatic heterocycles. The van der Waals surface area contributed by atoms with Gasteiger partial charge in [-0.3, -0.25) is 0 Å². The second kappa shape index (κ2) is 6.86. The fourth-order valence-corrected chi connectivity index (χ4v) is 4.21. The van der Waals surface area contributed by atoms with Crippen LogP contribution in [0.4, 0.5) is 0 Å². The highest BCUT2D eigenvalue weighted by Crippen LogP contribution is 2.39. The number of aromatic nitrogens is 1. The Balaban J connectivity index is 2.74. The summed E-state index contributed by atoms with van der Waals surface area (Å²) >= 11 is 0. The highest BCUT2D eigenvalue weighted by atomic mass is 14.9. The maximum absolute atomic E-state index is 2.39. The molecule has 0 fully saturated rings. The number of hydrogen-bond acceptors (Lipinski definition) is 0. The third kappa shape index (κ3) is 2.94. The molecule has 0 amide bonds. The third-order valence-electron chi connectivity index (χ3n) is 5.96. The predicted molar refractivity (Wildman–Crippen MR) is 99.8 cm³/mol. The summed E-state index contributed by atoms with van der Waals surface area (Å²) in [5.41, 5.74) is 8.70. The maximum Gasteiger partial charge on any atom is 0.212 e. The first-order chi connectivity index (χ1) is 10.9. The van der Waals surface area contributed by atoms with E-state index in [4.69, 9.17) is 0 Å². The van der Waals surface area contributed by atoms with Gasteiger partial charge in [-0.1, -0.05) is 39.0 Å². The largest absolute Gasteiger partial charge is 0.212 e. The molecular weight excluding hydrogens is 278 g/mol. The Morgan fingerprint density at radius 2 is 1.43 bits per heavy atom. The molecule has 0 atom stereocenters. The molecule has 0 aliphatic heterocycles. The summed E-state index contributed by atoms with van der Waals surface area (Å²) in [4.78, 5) is 0. The van der Waals surface area contributed by atoms with Gasteiger partial charge in [0, 0.05) is 29.5 Å². The van der Waals surface area contributed by atoms with Crippen LogP contribution in [0.2, 0.25) is 0 Å². The van der Waals surface area contributed by atoms with Crippen molar-refractivity contribution in [3.05, 3.63) is 52.7 Å². The van der Waals surface area contributed by atoms with Crippen molar-refractivity contribution >= 4 is 0 Å². The van der Waals surface area contributed by atoms with E-state index in [1.54, 1.807) is 5.56 Å². The molecule has 0 aliphatic carbocycles. The smallest absolute Gasteiger partial charge is 0.198 e. The number of aryl methyl sites for hydroxylation is 2. The van der Waals surface area contributed by atoms with Gasteiger partial charge in [0.2, 0.25) is 5.69 Å². The fraction of sp³-hybridized carbons (Fsp3) is 0.500. The molecule has 0 spiro atoms. The van der Waals surface area contributed by atoms with Crippen molar-refractivity contribution in [2.45, 2.75) is 66.2 Å². The third-order valence-corrected chi connectivity index (χ3v) is 5.96. The molecule has 0 unspecified atom stereocenters. The molecule has 0 bridgehead atoms. The molecule has 1 heterocycles. The van der Waals surface area contributed by atoms with Crippen LogP contribution < -0.4 is 4.57 Å². The van der Waals surface area contributed by atoms with Crippen molar-refractivity contribution in [1.29, 1.82) is 0 Å². The van der Waals surface area contributed by atoms with Crippen LogP contribution in [0.1, 0.15) is 62.4 Å². The Morgan fingerprint density at radius 1 is 0.870 bits per heavy atom. The zero-order chi connectivity index (χ0) is 17.2. The molecular formula is C22H32N+. The second-order valence-corrected chi connectivity index (χ2v) is 6.89. The molecule has 1 heteroatoms. The Hall–Kier alpha value is -1.63. The SMILES string of the molecule is CCC(CC)(CC)c1c(C)cc(-c2ccccc2C)[n+](C)c1C. The number of benzene rings is 1. The normalized spacial score (nSPS) is 11.8. The first-order valence-corrected chi connectivity index (χ1v) is 8.98. The van der Waals surface area contributed by atoms with Crippen molar-refractivity contribution in [3.8, 4) is 11.3 Å². The molecule has 0 saturated heterocycles. The Kier molecular flexibility index (Phi) is 5.29. The van der Waals surface area contributed by atoms with Crippen LogP contribution in [0.3, 0.4) is 0 Å². The average Bonchev–Trinajstić information content (AvgIpc) is 2.56. The summed E-state index contributed by atoms with van der Waals surface area (Å²) in [6.07, 6.45) is 3.60. The van der Waals surface area contributed by atoms with Crippen molar-refractivity contribution in [1.82, 2.24) is 0 Å². The molecule has 0 saturated carbocycles. The van der Waals surface area contributed by atoms with Crippen LogP contribution in [0.5, 0.6) is 0 Å². The van der Waals surface area contributed by atoms with Gasteiger partial charge in [-0.2, -0.15) is 4.57 Å². The van der Waals surface area contributed by atoms with E-state index in [-0.39, 0.29) is 0 Å². The molecule has 23 heavy (non-hydrogen) atoms. The Labute approximate surface area is 142 Å². The molecule has 0 radical (unpaired) electrons. The predicted octanol–water partition coefficient (Wildman–Crippen LogP) is 5.57. The minimum atomic E-state index is 0.302. The zero-order valence-electron chi connectivity index (χ0n) is 16.0. The van der Waals surface area contributed by atoms with Gasteiger partial charge >= 0.3 is 0 Å². The lowest BCUT2D eigenvalue weighted by atomic mass is 9.71. The first-order valence-electron chi connectivity index (χ1n) is 8.98. The minimum Gasteiger partial charge on any atom is -0.198 e. The summed E-state index contributed by atoms with van der Waals surface area (Å²) < 4.78 is 2.39. The van der Waals surface area contributed by atoms with E-state index in [1.165, 1.54) is 47.3 Å². The lowest BCUT2D eigenvalue weighted by Crippen LogP contribution is -2.40. The molecule has 2 rings (SSSR count). The number of rotatable bonds is 5. The van der Waals surface area contributed by atoms with Gasteiger partial charge in [0.25, 0.3) is 0 Å². The lowest BCUT2D eigenvalue weighted by molar-refractivity contribution is -0.667. The van der Waals surface area contributed by atoms with E-state index in [2.05, 4.69) is 83.5 Å². The van der Waals surface area contributed by atoms with E-state index in [1.807, 2.05) is 0 Å². The van der Waals surface area contributed by atoms with Crippen LogP contribution in [0.15, 0.2) is 30.3 Å². The standard InChI is InChI=1S/C22H32N/c1-8-22(9-2,10-3)21-17(5)15-20(23(7)18(21)6)19-14-12-11-13-16(19)4/h11-15H,8-10H2,1-7H3/q+1.